The lowest BCUT2D eigenvalue weighted by Crippen LogP contribution is -2.47. The van der Waals surface area contributed by atoms with Crippen LogP contribution in [0.15, 0.2) is 12.5 Å². The quantitative estimate of drug-likeness (QED) is 0.791. The van der Waals surface area contributed by atoms with Crippen molar-refractivity contribution in [3.8, 4) is 0 Å². The van der Waals surface area contributed by atoms with Crippen LogP contribution in [-0.4, -0.2) is 36.5 Å². The molecule has 2 aromatic heterocycles. The third kappa shape index (κ3) is 1.75. The summed E-state index contributed by atoms with van der Waals surface area (Å²) >= 11 is 0. The summed E-state index contributed by atoms with van der Waals surface area (Å²) in [6, 6.07) is -0.399. The van der Waals surface area contributed by atoms with Gasteiger partial charge in [-0.05, 0) is 13.8 Å². The normalized spacial score (nSPS) is 25.1. The van der Waals surface area contributed by atoms with Gasteiger partial charge in [0.15, 0.2) is 0 Å². The number of nitrogens with two attached hydrogens (primary N) is 1. The van der Waals surface area contributed by atoms with E-state index in [9.17, 15) is 4.79 Å². The van der Waals surface area contributed by atoms with E-state index in [2.05, 4.69) is 20.5 Å². The molecule has 0 spiro atoms. The summed E-state index contributed by atoms with van der Waals surface area (Å²) in [6.07, 6.45) is 3.37. The highest BCUT2D eigenvalue weighted by Gasteiger charge is 2.41. The second kappa shape index (κ2) is 4.32. The maximum absolute atomic E-state index is 11.9. The van der Waals surface area contributed by atoms with Crippen molar-refractivity contribution in [1.29, 1.82) is 0 Å². The maximum atomic E-state index is 11.9. The average molecular weight is 275 g/mol. The number of rotatable bonds is 2. The van der Waals surface area contributed by atoms with Gasteiger partial charge in [-0.2, -0.15) is 15.2 Å². The lowest BCUT2D eigenvalue weighted by molar-refractivity contribution is -0.123. The summed E-state index contributed by atoms with van der Waals surface area (Å²) in [5.41, 5.74) is 7.40. The van der Waals surface area contributed by atoms with Crippen LogP contribution in [0.5, 0.6) is 0 Å². The summed E-state index contributed by atoms with van der Waals surface area (Å²) in [5.74, 6) is -0.130. The highest BCUT2D eigenvalue weighted by atomic mass is 16.1. The molecule has 1 aliphatic heterocycles. The van der Waals surface area contributed by atoms with Gasteiger partial charge in [-0.3, -0.25) is 9.48 Å². The first kappa shape index (κ1) is 12.6. The average Bonchev–Trinajstić information content (AvgIpc) is 2.93. The third-order valence-corrected chi connectivity index (χ3v) is 3.77. The Kier molecular flexibility index (Phi) is 2.73. The van der Waals surface area contributed by atoms with Crippen molar-refractivity contribution >= 4 is 11.9 Å². The molecule has 2 aromatic rings. The molecule has 0 fully saturated rings. The molecule has 1 amide bonds. The van der Waals surface area contributed by atoms with Gasteiger partial charge in [0.25, 0.3) is 0 Å². The van der Waals surface area contributed by atoms with Crippen molar-refractivity contribution < 1.29 is 4.79 Å². The van der Waals surface area contributed by atoms with Gasteiger partial charge in [0.1, 0.15) is 6.33 Å². The first-order valence-corrected chi connectivity index (χ1v) is 6.44. The van der Waals surface area contributed by atoms with Crippen LogP contribution in [0.4, 0.5) is 5.95 Å². The van der Waals surface area contributed by atoms with Gasteiger partial charge >= 0.3 is 0 Å². The second-order valence-electron chi connectivity index (χ2n) is 5.18. The largest absolute Gasteiger partial charge is 0.369 e. The van der Waals surface area contributed by atoms with Crippen molar-refractivity contribution in [1.82, 2.24) is 24.5 Å². The molecule has 3 N–H and O–H groups in total. The van der Waals surface area contributed by atoms with Gasteiger partial charge in [-0.15, -0.1) is 0 Å². The summed E-state index contributed by atoms with van der Waals surface area (Å²) in [6.45, 7) is 3.84. The molecule has 0 saturated carbocycles. The van der Waals surface area contributed by atoms with Gasteiger partial charge in [-0.25, -0.2) is 4.68 Å². The van der Waals surface area contributed by atoms with Crippen LogP contribution in [0, 0.1) is 12.8 Å². The standard InChI is InChI=1S/C12H17N7O/c1-6-8(4-18(3)17-6)10-9(11(13)20)7(2)16-12-14-5-15-19(10)12/h4-5,7,9-10H,1-3H3,(H2,13,20)(H,14,15,16)/t7-,9+,10-/m0/s1. The molecule has 0 aliphatic carbocycles. The van der Waals surface area contributed by atoms with E-state index in [4.69, 9.17) is 5.73 Å². The summed E-state index contributed by atoms with van der Waals surface area (Å²) in [7, 11) is 1.85. The Morgan fingerprint density at radius 2 is 2.25 bits per heavy atom. The van der Waals surface area contributed by atoms with Crippen LogP contribution in [0.2, 0.25) is 0 Å². The minimum Gasteiger partial charge on any atom is -0.369 e. The molecule has 1 aliphatic rings. The Bertz CT molecular complexity index is 659. The Hall–Kier alpha value is -2.38. The first-order valence-electron chi connectivity index (χ1n) is 6.44. The van der Waals surface area contributed by atoms with E-state index in [1.165, 1.54) is 6.33 Å². The molecule has 3 atom stereocenters. The third-order valence-electron chi connectivity index (χ3n) is 3.77. The molecular weight excluding hydrogens is 258 g/mol. The smallest absolute Gasteiger partial charge is 0.225 e. The summed E-state index contributed by atoms with van der Waals surface area (Å²) in [4.78, 5) is 16.1. The number of carbonyl (C=O) groups excluding carboxylic acids is 1. The van der Waals surface area contributed by atoms with Crippen LogP contribution >= 0.6 is 0 Å². The Morgan fingerprint density at radius 1 is 1.50 bits per heavy atom. The highest BCUT2D eigenvalue weighted by molar-refractivity contribution is 5.79. The lowest BCUT2D eigenvalue weighted by Gasteiger charge is -2.35. The number of aryl methyl sites for hydroxylation is 2. The number of primary amides is 1. The van der Waals surface area contributed by atoms with Gasteiger partial charge in [0.05, 0.1) is 17.7 Å². The van der Waals surface area contributed by atoms with Gasteiger partial charge in [0, 0.05) is 24.8 Å². The Labute approximate surface area is 116 Å². The molecule has 0 aromatic carbocycles. The van der Waals surface area contributed by atoms with Gasteiger partial charge in [0.2, 0.25) is 11.9 Å². The zero-order valence-electron chi connectivity index (χ0n) is 11.6. The van der Waals surface area contributed by atoms with Crippen LogP contribution < -0.4 is 11.1 Å². The van der Waals surface area contributed by atoms with Crippen molar-refractivity contribution in [3.05, 3.63) is 23.8 Å². The molecule has 3 rings (SSSR count). The zero-order chi connectivity index (χ0) is 14.4. The number of aromatic nitrogens is 5. The van der Waals surface area contributed by atoms with E-state index < -0.39 is 5.92 Å². The van der Waals surface area contributed by atoms with Crippen LogP contribution in [0.1, 0.15) is 24.2 Å². The van der Waals surface area contributed by atoms with Crippen molar-refractivity contribution in [2.45, 2.75) is 25.9 Å². The van der Waals surface area contributed by atoms with Crippen molar-refractivity contribution in [3.63, 3.8) is 0 Å². The van der Waals surface area contributed by atoms with E-state index >= 15 is 0 Å². The predicted octanol–water partition coefficient (Wildman–Crippen LogP) is -0.175. The Morgan fingerprint density at radius 3 is 2.85 bits per heavy atom. The maximum Gasteiger partial charge on any atom is 0.225 e. The molecule has 20 heavy (non-hydrogen) atoms. The topological polar surface area (TPSA) is 104 Å². The van der Waals surface area contributed by atoms with E-state index in [-0.39, 0.29) is 18.0 Å². The van der Waals surface area contributed by atoms with Crippen LogP contribution in [0.3, 0.4) is 0 Å². The fourth-order valence-corrected chi connectivity index (χ4v) is 2.91. The zero-order valence-corrected chi connectivity index (χ0v) is 11.6. The molecule has 0 saturated heterocycles. The first-order chi connectivity index (χ1) is 9.49. The number of anilines is 1. The van der Waals surface area contributed by atoms with E-state index in [0.717, 1.165) is 11.3 Å². The van der Waals surface area contributed by atoms with Gasteiger partial charge < -0.3 is 11.1 Å². The van der Waals surface area contributed by atoms with Crippen LogP contribution in [0.25, 0.3) is 0 Å². The number of amides is 1. The van der Waals surface area contributed by atoms with Gasteiger partial charge in [-0.1, -0.05) is 0 Å². The predicted molar refractivity (Wildman–Crippen MR) is 71.9 cm³/mol. The minimum atomic E-state index is -0.410. The number of hydrogen-bond donors (Lipinski definition) is 2. The summed E-state index contributed by atoms with van der Waals surface area (Å²) in [5, 5.41) is 11.7. The highest BCUT2D eigenvalue weighted by Crippen LogP contribution is 2.36. The van der Waals surface area contributed by atoms with E-state index in [0.29, 0.717) is 5.95 Å². The molecule has 3 heterocycles. The molecule has 0 bridgehead atoms. The Balaban J connectivity index is 2.18. The fraction of sp³-hybridized carbons (Fsp3) is 0.500. The minimum absolute atomic E-state index is 0.117. The number of fused-ring (bicyclic) bond motifs is 1. The molecule has 106 valence electrons. The molecule has 0 unspecified atom stereocenters. The number of nitrogens with one attached hydrogen (secondary N) is 1. The van der Waals surface area contributed by atoms with Crippen molar-refractivity contribution in [2.75, 3.05) is 5.32 Å². The van der Waals surface area contributed by atoms with E-state index in [1.807, 2.05) is 27.1 Å². The SMILES string of the molecule is Cc1nn(C)cc1[C@H]1[C@H](C(N)=O)[C@H](C)Nc2ncnn21. The fourth-order valence-electron chi connectivity index (χ4n) is 2.91. The number of carbonyl (C=O) groups is 1. The molecule has 8 nitrogen and oxygen atoms in total. The number of nitrogens with zero attached hydrogens (tertiary/aromatic N) is 5. The molecular formula is C12H17N7O. The lowest BCUT2D eigenvalue weighted by atomic mass is 9.86. The second-order valence-corrected chi connectivity index (χ2v) is 5.18. The van der Waals surface area contributed by atoms with Crippen LogP contribution in [-0.2, 0) is 11.8 Å². The molecule has 0 radical (unpaired) electrons. The monoisotopic (exact) mass is 275 g/mol. The summed E-state index contributed by atoms with van der Waals surface area (Å²) < 4.78 is 3.44. The number of hydrogen-bond acceptors (Lipinski definition) is 5. The van der Waals surface area contributed by atoms with E-state index in [1.54, 1.807) is 9.36 Å². The molecule has 8 heteroatoms. The van der Waals surface area contributed by atoms with Crippen molar-refractivity contribution in [2.24, 2.45) is 18.7 Å².